The lowest BCUT2D eigenvalue weighted by Gasteiger charge is -2.19. The molecule has 2 N–H and O–H groups in total. The number of hydrogen-bond acceptors (Lipinski definition) is 4. The fraction of sp³-hybridized carbons (Fsp3) is 0.500. The predicted octanol–water partition coefficient (Wildman–Crippen LogP) is 1.05. The minimum absolute atomic E-state index is 0.672. The molecular formula is C10H17N3O. The largest absolute Gasteiger partial charge is 0.396 e. The van der Waals surface area contributed by atoms with Gasteiger partial charge in [0.2, 0.25) is 0 Å². The van der Waals surface area contributed by atoms with E-state index in [1.165, 1.54) is 0 Å². The van der Waals surface area contributed by atoms with E-state index in [1.54, 1.807) is 7.11 Å². The zero-order valence-electron chi connectivity index (χ0n) is 8.95. The topological polar surface area (TPSA) is 51.4 Å². The smallest absolute Gasteiger partial charge is 0.151 e. The summed E-state index contributed by atoms with van der Waals surface area (Å²) in [5.74, 6) is 0.813. The Morgan fingerprint density at radius 3 is 2.86 bits per heavy atom. The van der Waals surface area contributed by atoms with Crippen LogP contribution >= 0.6 is 0 Å². The van der Waals surface area contributed by atoms with E-state index in [0.29, 0.717) is 12.3 Å². The molecule has 0 amide bonds. The lowest BCUT2D eigenvalue weighted by molar-refractivity contribution is 0.206. The fourth-order valence-corrected chi connectivity index (χ4v) is 1.24. The summed E-state index contributed by atoms with van der Waals surface area (Å²) >= 11 is 0. The number of nitrogens with zero attached hydrogens (tertiary/aromatic N) is 2. The number of nitrogens with two attached hydrogens (primary N) is 1. The monoisotopic (exact) mass is 195 g/mol. The first-order valence-electron chi connectivity index (χ1n) is 4.57. The van der Waals surface area contributed by atoms with Gasteiger partial charge in [0.1, 0.15) is 0 Å². The molecule has 1 aromatic heterocycles. The van der Waals surface area contributed by atoms with Crippen LogP contribution in [0.15, 0.2) is 12.3 Å². The van der Waals surface area contributed by atoms with Gasteiger partial charge in [0.05, 0.1) is 12.3 Å². The Bertz CT molecular complexity index is 301. The second-order valence-corrected chi connectivity index (χ2v) is 3.34. The van der Waals surface area contributed by atoms with Crippen LogP contribution in [0.4, 0.5) is 11.5 Å². The molecular weight excluding hydrogens is 178 g/mol. The van der Waals surface area contributed by atoms with Gasteiger partial charge in [-0.15, -0.1) is 0 Å². The Hall–Kier alpha value is -1.29. The first kappa shape index (κ1) is 10.8. The van der Waals surface area contributed by atoms with Gasteiger partial charge >= 0.3 is 0 Å². The number of rotatable bonds is 4. The Morgan fingerprint density at radius 1 is 1.57 bits per heavy atom. The summed E-state index contributed by atoms with van der Waals surface area (Å²) in [5, 5.41) is 0. The first-order valence-corrected chi connectivity index (χ1v) is 4.57. The highest BCUT2D eigenvalue weighted by Gasteiger charge is 2.05. The fourth-order valence-electron chi connectivity index (χ4n) is 1.24. The summed E-state index contributed by atoms with van der Waals surface area (Å²) in [6.07, 6.45) is 1.81. The summed E-state index contributed by atoms with van der Waals surface area (Å²) in [5.41, 5.74) is 7.64. The highest BCUT2D eigenvalue weighted by molar-refractivity contribution is 5.62. The Labute approximate surface area is 84.7 Å². The van der Waals surface area contributed by atoms with Crippen molar-refractivity contribution in [2.75, 3.05) is 37.9 Å². The van der Waals surface area contributed by atoms with Crippen molar-refractivity contribution in [1.29, 1.82) is 0 Å². The van der Waals surface area contributed by atoms with Crippen molar-refractivity contribution in [2.45, 2.75) is 6.92 Å². The third-order valence-electron chi connectivity index (χ3n) is 2.02. The summed E-state index contributed by atoms with van der Waals surface area (Å²) in [4.78, 5) is 6.26. The molecule has 0 atom stereocenters. The van der Waals surface area contributed by atoms with E-state index >= 15 is 0 Å². The molecule has 0 aliphatic rings. The number of hydrogen-bond donors (Lipinski definition) is 1. The molecule has 0 unspecified atom stereocenters. The molecule has 1 aromatic rings. The number of likely N-dealkylation sites (N-methyl/N-ethyl adjacent to an activating group) is 1. The highest BCUT2D eigenvalue weighted by atomic mass is 16.5. The molecule has 0 aliphatic carbocycles. The predicted molar refractivity (Wildman–Crippen MR) is 58.5 cm³/mol. The molecule has 0 fully saturated rings. The van der Waals surface area contributed by atoms with Crippen LogP contribution in [0.5, 0.6) is 0 Å². The van der Waals surface area contributed by atoms with Crippen LogP contribution in [0.2, 0.25) is 0 Å². The Balaban J connectivity index is 2.74. The van der Waals surface area contributed by atoms with Gasteiger partial charge in [0.15, 0.2) is 5.82 Å². The van der Waals surface area contributed by atoms with Gasteiger partial charge in [0, 0.05) is 26.9 Å². The van der Waals surface area contributed by atoms with E-state index in [4.69, 9.17) is 10.5 Å². The summed E-state index contributed by atoms with van der Waals surface area (Å²) in [6, 6.07) is 1.92. The average Bonchev–Trinajstić information content (AvgIpc) is 2.14. The van der Waals surface area contributed by atoms with Gasteiger partial charge < -0.3 is 15.4 Å². The summed E-state index contributed by atoms with van der Waals surface area (Å²) in [7, 11) is 3.63. The lowest BCUT2D eigenvalue weighted by atomic mass is 10.3. The van der Waals surface area contributed by atoms with Gasteiger partial charge in [-0.2, -0.15) is 0 Å². The maximum Gasteiger partial charge on any atom is 0.151 e. The van der Waals surface area contributed by atoms with Crippen molar-refractivity contribution in [2.24, 2.45) is 0 Å². The second-order valence-electron chi connectivity index (χ2n) is 3.34. The number of anilines is 2. The third kappa shape index (κ3) is 2.60. The van der Waals surface area contributed by atoms with E-state index in [1.807, 2.05) is 31.1 Å². The normalized spacial score (nSPS) is 10.2. The molecule has 0 saturated heterocycles. The second kappa shape index (κ2) is 4.81. The number of pyridine rings is 1. The zero-order chi connectivity index (χ0) is 10.6. The molecule has 4 nitrogen and oxygen atoms in total. The maximum absolute atomic E-state index is 5.85. The van der Waals surface area contributed by atoms with Crippen molar-refractivity contribution >= 4 is 11.5 Å². The summed E-state index contributed by atoms with van der Waals surface area (Å²) < 4.78 is 4.99. The minimum Gasteiger partial charge on any atom is -0.396 e. The van der Waals surface area contributed by atoms with E-state index in [9.17, 15) is 0 Å². The highest BCUT2D eigenvalue weighted by Crippen LogP contribution is 2.18. The van der Waals surface area contributed by atoms with Crippen LogP contribution in [0.3, 0.4) is 0 Å². The van der Waals surface area contributed by atoms with Crippen molar-refractivity contribution in [3.05, 3.63) is 17.8 Å². The minimum atomic E-state index is 0.672. The van der Waals surface area contributed by atoms with Crippen LogP contribution in [0.1, 0.15) is 5.56 Å². The molecule has 0 aliphatic heterocycles. The molecule has 1 heterocycles. The molecule has 0 saturated carbocycles. The van der Waals surface area contributed by atoms with E-state index in [2.05, 4.69) is 4.98 Å². The standard InChI is InChI=1S/C10H17N3O/c1-8-6-9(11)10(12-7-8)13(2)4-5-14-3/h6-7H,4-5,11H2,1-3H3. The van der Waals surface area contributed by atoms with E-state index < -0.39 is 0 Å². The molecule has 0 bridgehead atoms. The van der Waals surface area contributed by atoms with Crippen LogP contribution in [-0.4, -0.2) is 32.3 Å². The molecule has 0 radical (unpaired) electrons. The lowest BCUT2D eigenvalue weighted by Crippen LogP contribution is -2.24. The third-order valence-corrected chi connectivity index (χ3v) is 2.02. The van der Waals surface area contributed by atoms with Gasteiger partial charge in [-0.25, -0.2) is 4.98 Å². The van der Waals surface area contributed by atoms with Crippen LogP contribution in [0, 0.1) is 6.92 Å². The van der Waals surface area contributed by atoms with Gasteiger partial charge in [-0.3, -0.25) is 0 Å². The zero-order valence-corrected chi connectivity index (χ0v) is 8.95. The van der Waals surface area contributed by atoms with E-state index in [-0.39, 0.29) is 0 Å². The van der Waals surface area contributed by atoms with Crippen molar-refractivity contribution in [3.63, 3.8) is 0 Å². The molecule has 4 heteroatoms. The number of methoxy groups -OCH3 is 1. The van der Waals surface area contributed by atoms with Gasteiger partial charge in [0.25, 0.3) is 0 Å². The Kier molecular flexibility index (Phi) is 3.71. The van der Waals surface area contributed by atoms with Crippen molar-refractivity contribution < 1.29 is 4.74 Å². The van der Waals surface area contributed by atoms with Gasteiger partial charge in [-0.1, -0.05) is 0 Å². The number of ether oxygens (including phenoxy) is 1. The molecule has 78 valence electrons. The molecule has 0 spiro atoms. The van der Waals surface area contributed by atoms with Crippen LogP contribution in [0.25, 0.3) is 0 Å². The quantitative estimate of drug-likeness (QED) is 0.780. The molecule has 1 rings (SSSR count). The van der Waals surface area contributed by atoms with Gasteiger partial charge in [-0.05, 0) is 18.6 Å². The van der Waals surface area contributed by atoms with Crippen LogP contribution in [-0.2, 0) is 4.74 Å². The summed E-state index contributed by atoms with van der Waals surface area (Å²) in [6.45, 7) is 3.44. The number of aromatic nitrogens is 1. The number of nitrogen functional groups attached to an aromatic ring is 1. The SMILES string of the molecule is COCCN(C)c1ncc(C)cc1N. The first-order chi connectivity index (χ1) is 6.65. The molecule has 14 heavy (non-hydrogen) atoms. The van der Waals surface area contributed by atoms with Crippen LogP contribution < -0.4 is 10.6 Å². The molecule has 0 aromatic carbocycles. The van der Waals surface area contributed by atoms with E-state index in [0.717, 1.165) is 17.9 Å². The Morgan fingerprint density at radius 2 is 2.29 bits per heavy atom. The van der Waals surface area contributed by atoms with Crippen molar-refractivity contribution in [3.8, 4) is 0 Å². The maximum atomic E-state index is 5.85. The number of aryl methyl sites for hydroxylation is 1. The van der Waals surface area contributed by atoms with Crippen molar-refractivity contribution in [1.82, 2.24) is 4.98 Å². The average molecular weight is 195 g/mol.